The Balaban J connectivity index is 1.60. The highest BCUT2D eigenvalue weighted by Gasteiger charge is 2.18. The molecule has 1 N–H and O–H groups in total. The van der Waals surface area contributed by atoms with Gasteiger partial charge in [0.15, 0.2) is 5.13 Å². The van der Waals surface area contributed by atoms with Crippen LogP contribution in [0.2, 0.25) is 0 Å². The van der Waals surface area contributed by atoms with Gasteiger partial charge in [-0.3, -0.25) is 4.90 Å². The molecule has 0 unspecified atom stereocenters. The molecule has 0 saturated carbocycles. The largest absolute Gasteiger partial charge is 0.362 e. The van der Waals surface area contributed by atoms with Crippen molar-refractivity contribution in [2.45, 2.75) is 32.7 Å². The maximum Gasteiger partial charge on any atom is 0.183 e. The fourth-order valence-corrected chi connectivity index (χ4v) is 3.74. The summed E-state index contributed by atoms with van der Waals surface area (Å²) in [6.45, 7) is 6.51. The number of anilines is 1. The summed E-state index contributed by atoms with van der Waals surface area (Å²) in [5.74, 6) is 0. The van der Waals surface area contributed by atoms with E-state index in [1.54, 1.807) is 0 Å². The average molecular weight is 301 g/mol. The molecular formula is C17H23N3S. The van der Waals surface area contributed by atoms with Crippen molar-refractivity contribution in [3.8, 4) is 0 Å². The van der Waals surface area contributed by atoms with Crippen LogP contribution in [0.4, 0.5) is 5.13 Å². The number of aromatic nitrogens is 1. The van der Waals surface area contributed by atoms with Crippen molar-refractivity contribution in [3.05, 3.63) is 46.5 Å². The minimum atomic E-state index is 1.02. The maximum absolute atomic E-state index is 4.77. The highest BCUT2D eigenvalue weighted by atomic mass is 32.1. The third-order valence-electron chi connectivity index (χ3n) is 3.87. The second kappa shape index (κ2) is 7.05. The van der Waals surface area contributed by atoms with E-state index in [0.717, 1.165) is 50.6 Å². The summed E-state index contributed by atoms with van der Waals surface area (Å²) >= 11 is 1.85. The number of rotatable bonds is 5. The van der Waals surface area contributed by atoms with Gasteiger partial charge in [0, 0.05) is 37.5 Å². The Morgan fingerprint density at radius 3 is 2.81 bits per heavy atom. The van der Waals surface area contributed by atoms with Crippen LogP contribution in [0.1, 0.15) is 29.5 Å². The van der Waals surface area contributed by atoms with Crippen LogP contribution in [0.5, 0.6) is 0 Å². The van der Waals surface area contributed by atoms with Gasteiger partial charge in [-0.05, 0) is 18.4 Å². The van der Waals surface area contributed by atoms with E-state index in [9.17, 15) is 0 Å². The van der Waals surface area contributed by atoms with Gasteiger partial charge in [0.2, 0.25) is 0 Å². The number of hydrogen-bond acceptors (Lipinski definition) is 4. The van der Waals surface area contributed by atoms with Crippen molar-refractivity contribution in [2.75, 3.05) is 25.0 Å². The van der Waals surface area contributed by atoms with Crippen LogP contribution < -0.4 is 5.32 Å². The second-order valence-electron chi connectivity index (χ2n) is 5.58. The molecular weight excluding hydrogens is 278 g/mol. The highest BCUT2D eigenvalue weighted by Crippen LogP contribution is 2.26. The topological polar surface area (TPSA) is 28.2 Å². The van der Waals surface area contributed by atoms with Crippen molar-refractivity contribution in [1.29, 1.82) is 0 Å². The molecule has 0 amide bonds. The molecule has 1 aromatic heterocycles. The van der Waals surface area contributed by atoms with Gasteiger partial charge in [-0.1, -0.05) is 37.3 Å². The van der Waals surface area contributed by atoms with E-state index in [-0.39, 0.29) is 0 Å². The van der Waals surface area contributed by atoms with Gasteiger partial charge in [0.1, 0.15) is 0 Å². The van der Waals surface area contributed by atoms with Crippen LogP contribution in [-0.2, 0) is 19.4 Å². The SMILES string of the molecule is CCCNc1nc2c(s1)CCN(Cc1ccccc1)CC2. The third-order valence-corrected chi connectivity index (χ3v) is 4.99. The van der Waals surface area contributed by atoms with Crippen LogP contribution in [0.3, 0.4) is 0 Å². The zero-order chi connectivity index (χ0) is 14.5. The molecule has 0 atom stereocenters. The van der Waals surface area contributed by atoms with E-state index in [1.165, 1.54) is 16.1 Å². The molecule has 4 heteroatoms. The summed E-state index contributed by atoms with van der Waals surface area (Å²) in [6.07, 6.45) is 3.36. The molecule has 0 spiro atoms. The lowest BCUT2D eigenvalue weighted by atomic mass is 10.2. The summed E-state index contributed by atoms with van der Waals surface area (Å²) < 4.78 is 0. The molecule has 112 valence electrons. The number of nitrogens with one attached hydrogen (secondary N) is 1. The molecule has 2 aromatic rings. The molecule has 21 heavy (non-hydrogen) atoms. The monoisotopic (exact) mass is 301 g/mol. The Morgan fingerprint density at radius 1 is 1.19 bits per heavy atom. The van der Waals surface area contributed by atoms with Gasteiger partial charge >= 0.3 is 0 Å². The molecule has 3 nitrogen and oxygen atoms in total. The summed E-state index contributed by atoms with van der Waals surface area (Å²) in [7, 11) is 0. The predicted octanol–water partition coefficient (Wildman–Crippen LogP) is 3.57. The lowest BCUT2D eigenvalue weighted by Crippen LogP contribution is -2.25. The third kappa shape index (κ3) is 3.83. The Morgan fingerprint density at radius 2 is 2.00 bits per heavy atom. The number of nitrogens with zero attached hydrogens (tertiary/aromatic N) is 2. The molecule has 1 aliphatic heterocycles. The van der Waals surface area contributed by atoms with E-state index in [1.807, 2.05) is 11.3 Å². The Hall–Kier alpha value is -1.39. The molecule has 0 aliphatic carbocycles. The van der Waals surface area contributed by atoms with Crippen molar-refractivity contribution in [1.82, 2.24) is 9.88 Å². The van der Waals surface area contributed by atoms with E-state index >= 15 is 0 Å². The zero-order valence-electron chi connectivity index (χ0n) is 12.6. The van der Waals surface area contributed by atoms with E-state index in [0.29, 0.717) is 0 Å². The minimum absolute atomic E-state index is 1.02. The van der Waals surface area contributed by atoms with Crippen molar-refractivity contribution >= 4 is 16.5 Å². The number of thiazole rings is 1. The summed E-state index contributed by atoms with van der Waals surface area (Å²) in [5.41, 5.74) is 2.72. The first-order valence-electron chi connectivity index (χ1n) is 7.84. The van der Waals surface area contributed by atoms with Crippen LogP contribution >= 0.6 is 11.3 Å². The van der Waals surface area contributed by atoms with Gasteiger partial charge < -0.3 is 5.32 Å². The molecule has 1 aromatic carbocycles. The average Bonchev–Trinajstić information content (AvgIpc) is 2.82. The fourth-order valence-electron chi connectivity index (χ4n) is 2.72. The minimum Gasteiger partial charge on any atom is -0.362 e. The van der Waals surface area contributed by atoms with Crippen molar-refractivity contribution in [3.63, 3.8) is 0 Å². The van der Waals surface area contributed by atoms with E-state index in [2.05, 4.69) is 47.5 Å². The fraction of sp³-hybridized carbons (Fsp3) is 0.471. The highest BCUT2D eigenvalue weighted by molar-refractivity contribution is 7.15. The molecule has 2 heterocycles. The van der Waals surface area contributed by atoms with Gasteiger partial charge in [-0.25, -0.2) is 4.98 Å². The Kier molecular flexibility index (Phi) is 4.88. The summed E-state index contributed by atoms with van der Waals surface area (Å²) in [5, 5.41) is 4.53. The zero-order valence-corrected chi connectivity index (χ0v) is 13.5. The van der Waals surface area contributed by atoms with Crippen LogP contribution in [-0.4, -0.2) is 29.5 Å². The summed E-state index contributed by atoms with van der Waals surface area (Å²) in [4.78, 5) is 8.79. The Labute approximate surface area is 131 Å². The van der Waals surface area contributed by atoms with E-state index in [4.69, 9.17) is 4.98 Å². The second-order valence-corrected chi connectivity index (χ2v) is 6.66. The standard InChI is InChI=1S/C17H23N3S/c1-2-10-18-17-19-15-8-11-20(12-9-16(15)21-17)13-14-6-4-3-5-7-14/h3-7H,2,8-13H2,1H3,(H,18,19). The quantitative estimate of drug-likeness (QED) is 0.915. The van der Waals surface area contributed by atoms with Crippen LogP contribution in [0.25, 0.3) is 0 Å². The van der Waals surface area contributed by atoms with Crippen LogP contribution in [0, 0.1) is 0 Å². The molecule has 3 rings (SSSR count). The lowest BCUT2D eigenvalue weighted by molar-refractivity contribution is 0.279. The van der Waals surface area contributed by atoms with Crippen molar-refractivity contribution < 1.29 is 0 Å². The Bertz CT molecular complexity index is 539. The smallest absolute Gasteiger partial charge is 0.183 e. The van der Waals surface area contributed by atoms with E-state index < -0.39 is 0 Å². The van der Waals surface area contributed by atoms with Crippen molar-refractivity contribution in [2.24, 2.45) is 0 Å². The normalized spacial score (nSPS) is 15.5. The number of hydrogen-bond donors (Lipinski definition) is 1. The first kappa shape index (κ1) is 14.5. The molecule has 0 bridgehead atoms. The van der Waals surface area contributed by atoms with Gasteiger partial charge in [-0.2, -0.15) is 0 Å². The predicted molar refractivity (Wildman–Crippen MR) is 90.0 cm³/mol. The van der Waals surface area contributed by atoms with Gasteiger partial charge in [-0.15, -0.1) is 11.3 Å². The summed E-state index contributed by atoms with van der Waals surface area (Å²) in [6, 6.07) is 10.8. The van der Waals surface area contributed by atoms with Crippen LogP contribution in [0.15, 0.2) is 30.3 Å². The molecule has 1 aliphatic rings. The van der Waals surface area contributed by atoms with Gasteiger partial charge in [0.25, 0.3) is 0 Å². The first-order valence-corrected chi connectivity index (χ1v) is 8.65. The number of fused-ring (bicyclic) bond motifs is 1. The maximum atomic E-state index is 4.77. The lowest BCUT2D eigenvalue weighted by Gasteiger charge is -2.19. The molecule has 0 radical (unpaired) electrons. The van der Waals surface area contributed by atoms with Gasteiger partial charge in [0.05, 0.1) is 5.69 Å². The first-order chi connectivity index (χ1) is 10.3. The number of benzene rings is 1. The molecule has 0 fully saturated rings. The molecule has 0 saturated heterocycles.